The van der Waals surface area contributed by atoms with Gasteiger partial charge in [0.25, 0.3) is 0 Å². The lowest BCUT2D eigenvalue weighted by Crippen LogP contribution is -2.42. The first-order valence-corrected chi connectivity index (χ1v) is 15.5. The molecule has 45 heavy (non-hydrogen) atoms. The van der Waals surface area contributed by atoms with Gasteiger partial charge in [-0.15, -0.1) is 0 Å². The number of nitrogens with zero attached hydrogens (tertiary/aromatic N) is 2. The minimum Gasteiger partial charge on any atom is -0.265 e. The van der Waals surface area contributed by atoms with Gasteiger partial charge in [0.05, 0.1) is 0 Å². The summed E-state index contributed by atoms with van der Waals surface area (Å²) in [6.07, 6.45) is 15.3. The van der Waals surface area contributed by atoms with Gasteiger partial charge in [0.15, 0.2) is 0 Å². The van der Waals surface area contributed by atoms with Crippen molar-refractivity contribution >= 4 is 11.1 Å². The topological polar surface area (TPSA) is 25.8 Å². The van der Waals surface area contributed by atoms with Crippen LogP contribution in [0, 0.1) is 5.41 Å². The Bertz CT molecular complexity index is 2230. The minimum atomic E-state index is -0.226. The van der Waals surface area contributed by atoms with Crippen molar-refractivity contribution in [3.05, 3.63) is 191 Å². The Morgan fingerprint density at radius 3 is 1.73 bits per heavy atom. The largest absolute Gasteiger partial charge is 0.265 e. The Hall–Kier alpha value is -5.60. The van der Waals surface area contributed by atoms with Crippen molar-refractivity contribution in [2.24, 2.45) is 5.41 Å². The Kier molecular flexibility index (Phi) is 6.69. The lowest BCUT2D eigenvalue weighted by Gasteiger charge is -2.41. The third-order valence-electron chi connectivity index (χ3n) is 9.34. The Labute approximate surface area is 264 Å². The van der Waals surface area contributed by atoms with Crippen LogP contribution in [0.25, 0.3) is 44.5 Å². The van der Waals surface area contributed by atoms with E-state index in [1.165, 1.54) is 71.7 Å². The van der Waals surface area contributed by atoms with Crippen molar-refractivity contribution in [1.29, 1.82) is 0 Å². The lowest BCUT2D eigenvalue weighted by molar-refractivity contribution is 0.547. The molecule has 2 aliphatic carbocycles. The van der Waals surface area contributed by atoms with E-state index < -0.39 is 0 Å². The van der Waals surface area contributed by atoms with E-state index in [1.807, 2.05) is 24.8 Å². The van der Waals surface area contributed by atoms with Crippen LogP contribution in [-0.4, -0.2) is 9.97 Å². The summed E-state index contributed by atoms with van der Waals surface area (Å²) in [5.41, 5.74) is 13.5. The first kappa shape index (κ1) is 27.0. The molecule has 0 fully saturated rings. The zero-order chi connectivity index (χ0) is 30.2. The van der Waals surface area contributed by atoms with Gasteiger partial charge in [-0.3, -0.25) is 9.97 Å². The van der Waals surface area contributed by atoms with E-state index >= 15 is 0 Å². The second kappa shape index (κ2) is 11.2. The third kappa shape index (κ3) is 4.76. The summed E-state index contributed by atoms with van der Waals surface area (Å²) in [5.74, 6) is 0. The van der Waals surface area contributed by atoms with Gasteiger partial charge in [0.2, 0.25) is 0 Å². The number of rotatable bonds is 5. The fraction of sp³-hybridized carbons (Fsp3) is 0.0698. The van der Waals surface area contributed by atoms with Gasteiger partial charge in [-0.2, -0.15) is 0 Å². The zero-order valence-corrected chi connectivity index (χ0v) is 25.2. The van der Waals surface area contributed by atoms with Crippen LogP contribution in [-0.2, 0) is 0 Å². The fourth-order valence-corrected chi connectivity index (χ4v) is 7.16. The molecule has 6 aromatic rings. The number of benzene rings is 4. The summed E-state index contributed by atoms with van der Waals surface area (Å²) in [7, 11) is 0. The molecular formula is C43H32N2. The van der Waals surface area contributed by atoms with Gasteiger partial charge < -0.3 is 0 Å². The summed E-state index contributed by atoms with van der Waals surface area (Å²) in [6.45, 7) is 2.43. The number of hydrogen-bond donors (Lipinski definition) is 0. The molecule has 0 saturated heterocycles. The molecule has 8 rings (SSSR count). The lowest BCUT2D eigenvalue weighted by atomic mass is 9.62. The summed E-state index contributed by atoms with van der Waals surface area (Å²) in [5, 5.41) is 2.56. The number of hydrogen-bond acceptors (Lipinski definition) is 2. The van der Waals surface area contributed by atoms with Crippen molar-refractivity contribution in [2.45, 2.75) is 13.3 Å². The maximum Gasteiger partial charge on any atom is 0.0273 e. The maximum atomic E-state index is 4.25. The zero-order valence-electron chi connectivity index (χ0n) is 25.2. The van der Waals surface area contributed by atoms with Crippen molar-refractivity contribution in [3.8, 4) is 33.4 Å². The molecule has 0 radical (unpaired) electrons. The van der Waals surface area contributed by atoms with Gasteiger partial charge in [-0.25, -0.2) is 0 Å². The number of aromatic nitrogens is 2. The Morgan fingerprint density at radius 1 is 0.489 bits per heavy atom. The van der Waals surface area contributed by atoms with E-state index in [4.69, 9.17) is 0 Å². The molecule has 0 N–H and O–H groups in total. The standard InChI is InChI=1S/C43H32N2/c1-43-22-6-5-15-40(43)41(36-13-7-11-33(27-36)31-18-23-44-24-19-31)38-17-16-35(30-9-3-2-4-10-30)29-39(38)42(43)37-14-8-12-34(28-37)32-20-25-45-26-21-32/h2-21,23-29H,22H2,1H3. The second-order valence-corrected chi connectivity index (χ2v) is 12.1. The van der Waals surface area contributed by atoms with Crippen LogP contribution in [0.1, 0.15) is 24.5 Å². The van der Waals surface area contributed by atoms with E-state index in [9.17, 15) is 0 Å². The van der Waals surface area contributed by atoms with Gasteiger partial charge >= 0.3 is 0 Å². The van der Waals surface area contributed by atoms with E-state index in [0.29, 0.717) is 0 Å². The van der Waals surface area contributed by atoms with Crippen LogP contribution >= 0.6 is 0 Å². The molecule has 4 aromatic carbocycles. The first-order chi connectivity index (χ1) is 22.2. The van der Waals surface area contributed by atoms with Gasteiger partial charge in [-0.1, -0.05) is 104 Å². The predicted octanol–water partition coefficient (Wildman–Crippen LogP) is 8.78. The van der Waals surface area contributed by atoms with E-state index in [1.54, 1.807) is 0 Å². The highest BCUT2D eigenvalue weighted by atomic mass is 14.6. The van der Waals surface area contributed by atoms with Crippen molar-refractivity contribution < 1.29 is 0 Å². The Balaban J connectivity index is 1.47. The highest BCUT2D eigenvalue weighted by molar-refractivity contribution is 5.92. The molecule has 2 aliphatic rings. The molecule has 0 saturated carbocycles. The number of fused-ring (bicyclic) bond motifs is 2. The van der Waals surface area contributed by atoms with Crippen molar-refractivity contribution in [3.63, 3.8) is 0 Å². The van der Waals surface area contributed by atoms with E-state index in [0.717, 1.165) is 6.42 Å². The van der Waals surface area contributed by atoms with Crippen LogP contribution in [0.2, 0.25) is 0 Å². The molecule has 2 heterocycles. The molecule has 1 atom stereocenters. The van der Waals surface area contributed by atoms with Crippen molar-refractivity contribution in [1.82, 2.24) is 9.97 Å². The average molecular weight is 577 g/mol. The molecule has 2 heteroatoms. The highest BCUT2D eigenvalue weighted by Gasteiger charge is 2.39. The first-order valence-electron chi connectivity index (χ1n) is 15.5. The van der Waals surface area contributed by atoms with Crippen LogP contribution in [0.4, 0.5) is 0 Å². The third-order valence-corrected chi connectivity index (χ3v) is 9.34. The molecule has 214 valence electrons. The molecular weight excluding hydrogens is 544 g/mol. The SMILES string of the molecule is CC12CC=CC=C1C(c1cccc(-c3ccncc3)c1)=c1ccc(-c3ccccc3)cc1=C2c1cccc(-c2ccncc2)c1. The molecule has 0 bridgehead atoms. The second-order valence-electron chi connectivity index (χ2n) is 12.1. The molecule has 1 unspecified atom stereocenters. The Morgan fingerprint density at radius 2 is 1.04 bits per heavy atom. The van der Waals surface area contributed by atoms with Crippen LogP contribution in [0.5, 0.6) is 0 Å². The number of allylic oxidation sites excluding steroid dienone is 4. The molecule has 0 amide bonds. The molecule has 2 nitrogen and oxygen atoms in total. The summed E-state index contributed by atoms with van der Waals surface area (Å²) in [4.78, 5) is 8.50. The molecule has 0 aliphatic heterocycles. The van der Waals surface area contributed by atoms with Crippen molar-refractivity contribution in [2.75, 3.05) is 0 Å². The quantitative estimate of drug-likeness (QED) is 0.205. The van der Waals surface area contributed by atoms with Crippen LogP contribution in [0.15, 0.2) is 170 Å². The van der Waals surface area contributed by atoms with Gasteiger partial charge in [0.1, 0.15) is 0 Å². The average Bonchev–Trinajstić information content (AvgIpc) is 3.11. The number of pyridine rings is 2. The van der Waals surface area contributed by atoms with Crippen LogP contribution < -0.4 is 10.4 Å². The highest BCUT2D eigenvalue weighted by Crippen LogP contribution is 2.50. The minimum absolute atomic E-state index is 0.226. The van der Waals surface area contributed by atoms with E-state index in [2.05, 4.69) is 156 Å². The molecule has 2 aromatic heterocycles. The normalized spacial score (nSPS) is 17.0. The molecule has 0 spiro atoms. The van der Waals surface area contributed by atoms with Gasteiger partial charge in [0, 0.05) is 30.2 Å². The predicted molar refractivity (Wildman–Crippen MR) is 185 cm³/mol. The summed E-state index contributed by atoms with van der Waals surface area (Å²) >= 11 is 0. The smallest absolute Gasteiger partial charge is 0.0273 e. The van der Waals surface area contributed by atoms with Crippen LogP contribution in [0.3, 0.4) is 0 Å². The summed E-state index contributed by atoms with van der Waals surface area (Å²) in [6, 6.07) is 44.1. The monoisotopic (exact) mass is 576 g/mol. The fourth-order valence-electron chi connectivity index (χ4n) is 7.16. The van der Waals surface area contributed by atoms with Gasteiger partial charge in [-0.05, 0) is 121 Å². The summed E-state index contributed by atoms with van der Waals surface area (Å²) < 4.78 is 0. The van der Waals surface area contributed by atoms with E-state index in [-0.39, 0.29) is 5.41 Å². The maximum absolute atomic E-state index is 4.25.